The first kappa shape index (κ1) is 23.3. The maximum absolute atomic E-state index is 12.7. The molecule has 2 N–H and O–H groups in total. The van der Waals surface area contributed by atoms with Gasteiger partial charge in [-0.25, -0.2) is 14.5 Å². The van der Waals surface area contributed by atoms with E-state index >= 15 is 0 Å². The van der Waals surface area contributed by atoms with Gasteiger partial charge in [0, 0.05) is 24.6 Å². The monoisotopic (exact) mass is 488 g/mol. The molecule has 1 aliphatic carbocycles. The molecule has 1 saturated carbocycles. The van der Waals surface area contributed by atoms with Gasteiger partial charge in [0.15, 0.2) is 0 Å². The molecule has 1 aromatic carbocycles. The summed E-state index contributed by atoms with van der Waals surface area (Å²) in [5.74, 6) is 0.0274. The highest BCUT2D eigenvalue weighted by Gasteiger charge is 2.53. The number of carbonyl (C=O) groups excluding carboxylic acids is 1. The first-order valence-corrected chi connectivity index (χ1v) is 13.2. The van der Waals surface area contributed by atoms with Crippen LogP contribution in [0.4, 0.5) is 4.79 Å². The number of fused-ring (bicyclic) bond motifs is 3. The molecule has 9 nitrogen and oxygen atoms in total. The molecule has 1 spiro atoms. The van der Waals surface area contributed by atoms with Crippen LogP contribution in [0.3, 0.4) is 0 Å². The predicted octanol–water partition coefficient (Wildman–Crippen LogP) is 3.08. The van der Waals surface area contributed by atoms with Crippen molar-refractivity contribution in [2.45, 2.75) is 64.2 Å². The van der Waals surface area contributed by atoms with Crippen molar-refractivity contribution in [2.24, 2.45) is 11.3 Å². The van der Waals surface area contributed by atoms with Crippen LogP contribution < -0.4 is 4.72 Å². The number of rotatable bonds is 3. The van der Waals surface area contributed by atoms with E-state index in [9.17, 15) is 18.3 Å². The number of hydrogen-bond donors (Lipinski definition) is 2. The van der Waals surface area contributed by atoms with E-state index in [-0.39, 0.29) is 30.5 Å². The van der Waals surface area contributed by atoms with E-state index in [1.807, 2.05) is 29.4 Å². The van der Waals surface area contributed by atoms with E-state index in [1.165, 1.54) is 9.87 Å². The fourth-order valence-corrected chi connectivity index (χ4v) is 7.09. The van der Waals surface area contributed by atoms with Gasteiger partial charge >= 0.3 is 16.3 Å². The first-order chi connectivity index (χ1) is 16.0. The Morgan fingerprint density at radius 2 is 1.91 bits per heavy atom. The molecule has 2 aliphatic heterocycles. The lowest BCUT2D eigenvalue weighted by Crippen LogP contribution is -2.52. The molecule has 1 aromatic heterocycles. The minimum absolute atomic E-state index is 0.0265. The zero-order valence-electron chi connectivity index (χ0n) is 19.8. The van der Waals surface area contributed by atoms with Crippen LogP contribution in [0, 0.1) is 11.3 Å². The van der Waals surface area contributed by atoms with Crippen LogP contribution in [0.25, 0.3) is 11.3 Å². The number of aliphatic hydroxyl groups excluding tert-OH is 1. The Bertz CT molecular complexity index is 1190. The third-order valence-electron chi connectivity index (χ3n) is 7.60. The van der Waals surface area contributed by atoms with E-state index in [2.05, 4.69) is 21.7 Å². The fraction of sp³-hybridized carbons (Fsp3) is 0.583. The largest absolute Gasteiger partial charge is 0.443 e. The van der Waals surface area contributed by atoms with Crippen LogP contribution in [-0.2, 0) is 14.9 Å². The Balaban J connectivity index is 1.29. The number of aromatic nitrogens is 2. The number of nitrogens with zero attached hydrogens (tertiary/aromatic N) is 3. The molecule has 5 rings (SSSR count). The van der Waals surface area contributed by atoms with Gasteiger partial charge in [-0.1, -0.05) is 24.3 Å². The zero-order chi connectivity index (χ0) is 24.3. The Labute approximate surface area is 200 Å². The average Bonchev–Trinajstić information content (AvgIpc) is 3.42. The molecule has 3 aliphatic rings. The van der Waals surface area contributed by atoms with E-state index in [1.54, 1.807) is 20.8 Å². The molecule has 3 atom stereocenters. The van der Waals surface area contributed by atoms with E-state index in [0.717, 1.165) is 24.1 Å². The molecular formula is C24H32N4O5S. The summed E-state index contributed by atoms with van der Waals surface area (Å²) in [6, 6.07) is 8.30. The molecule has 0 bridgehead atoms. The number of aliphatic hydroxyl groups is 1. The quantitative estimate of drug-likeness (QED) is 0.686. The topological polar surface area (TPSA) is 114 Å². The first-order valence-electron chi connectivity index (χ1n) is 11.8. The predicted molar refractivity (Wildman–Crippen MR) is 126 cm³/mol. The highest BCUT2D eigenvalue weighted by molar-refractivity contribution is 7.87. The maximum Gasteiger partial charge on any atom is 0.422 e. The van der Waals surface area contributed by atoms with Crippen LogP contribution >= 0.6 is 0 Å². The number of piperidine rings is 1. The summed E-state index contributed by atoms with van der Waals surface area (Å²) in [6.07, 6.45) is 4.98. The normalized spacial score (nSPS) is 26.3. The summed E-state index contributed by atoms with van der Waals surface area (Å²) in [5, 5.41) is 11.6. The van der Waals surface area contributed by atoms with Gasteiger partial charge in [0.25, 0.3) is 0 Å². The van der Waals surface area contributed by atoms with Gasteiger partial charge in [0.2, 0.25) is 0 Å². The van der Waals surface area contributed by atoms with Crippen molar-refractivity contribution in [2.75, 3.05) is 13.1 Å². The summed E-state index contributed by atoms with van der Waals surface area (Å²) >= 11 is 0. The standard InChI is InChI=1S/C24H32N4O5S/c1-23(2,3)33-22(30)26-34(31,32)27-12-10-24(11-13-27)9-8-18(21(24)29)20-17-7-5-4-6-16(17)19-14-25-15-28(19)20/h4-7,14-15,18,20-21,29H,8-13H2,1-3H3,(H,26,30). The second-order valence-corrected chi connectivity index (χ2v) is 12.4. The van der Waals surface area contributed by atoms with Crippen molar-refractivity contribution in [3.05, 3.63) is 42.4 Å². The summed E-state index contributed by atoms with van der Waals surface area (Å²) in [6.45, 7) is 5.53. The van der Waals surface area contributed by atoms with Gasteiger partial charge in [-0.05, 0) is 57.4 Å². The lowest BCUT2D eigenvalue weighted by molar-refractivity contribution is -0.0148. The van der Waals surface area contributed by atoms with Gasteiger partial charge in [0.05, 0.1) is 30.4 Å². The number of hydrogen-bond acceptors (Lipinski definition) is 6. The van der Waals surface area contributed by atoms with Gasteiger partial charge in [-0.2, -0.15) is 12.7 Å². The molecule has 10 heteroatoms. The summed E-state index contributed by atoms with van der Waals surface area (Å²) in [7, 11) is -4.01. The number of amides is 1. The third kappa shape index (κ3) is 3.91. The highest BCUT2D eigenvalue weighted by atomic mass is 32.2. The molecule has 1 amide bonds. The Morgan fingerprint density at radius 1 is 1.21 bits per heavy atom. The van der Waals surface area contributed by atoms with Crippen molar-refractivity contribution < 1.29 is 23.1 Å². The molecule has 0 radical (unpaired) electrons. The number of imidazole rings is 1. The lowest BCUT2D eigenvalue weighted by Gasteiger charge is -2.42. The van der Waals surface area contributed by atoms with Crippen LogP contribution in [-0.4, -0.2) is 58.3 Å². The fourth-order valence-electron chi connectivity index (χ4n) is 6.04. The summed E-state index contributed by atoms with van der Waals surface area (Å²) < 4.78 is 36.0. The van der Waals surface area contributed by atoms with Crippen molar-refractivity contribution in [3.8, 4) is 11.3 Å². The van der Waals surface area contributed by atoms with Gasteiger partial charge < -0.3 is 14.4 Å². The molecule has 2 fully saturated rings. The summed E-state index contributed by atoms with van der Waals surface area (Å²) in [5.41, 5.74) is 2.32. The Hall–Kier alpha value is -2.43. The van der Waals surface area contributed by atoms with Gasteiger partial charge in [-0.3, -0.25) is 0 Å². The Kier molecular flexibility index (Phi) is 5.53. The second-order valence-electron chi connectivity index (χ2n) is 10.7. The average molecular weight is 489 g/mol. The lowest BCUT2D eigenvalue weighted by atomic mass is 9.73. The van der Waals surface area contributed by atoms with Crippen LogP contribution in [0.1, 0.15) is 58.1 Å². The second kappa shape index (κ2) is 8.07. The third-order valence-corrected chi connectivity index (χ3v) is 9.07. The SMILES string of the molecule is CC(C)(C)OC(=O)NS(=O)(=O)N1CCC2(CCC(C3c4ccccc4-c4cncn43)C2O)CC1. The molecule has 184 valence electrons. The van der Waals surface area contributed by atoms with E-state index < -0.39 is 28.0 Å². The maximum atomic E-state index is 12.7. The minimum Gasteiger partial charge on any atom is -0.443 e. The van der Waals surface area contributed by atoms with Crippen molar-refractivity contribution in [1.82, 2.24) is 18.6 Å². The number of ether oxygens (including phenoxy) is 1. The van der Waals surface area contributed by atoms with Crippen molar-refractivity contribution in [3.63, 3.8) is 0 Å². The molecule has 3 heterocycles. The van der Waals surface area contributed by atoms with Crippen LogP contribution in [0.15, 0.2) is 36.8 Å². The van der Waals surface area contributed by atoms with Crippen LogP contribution in [0.5, 0.6) is 0 Å². The van der Waals surface area contributed by atoms with Crippen molar-refractivity contribution >= 4 is 16.3 Å². The zero-order valence-corrected chi connectivity index (χ0v) is 20.6. The molecule has 34 heavy (non-hydrogen) atoms. The molecule has 2 aromatic rings. The molecule has 1 saturated heterocycles. The Morgan fingerprint density at radius 3 is 2.62 bits per heavy atom. The summed E-state index contributed by atoms with van der Waals surface area (Å²) in [4.78, 5) is 16.3. The minimum atomic E-state index is -4.01. The van der Waals surface area contributed by atoms with Gasteiger partial charge in [-0.15, -0.1) is 0 Å². The van der Waals surface area contributed by atoms with Gasteiger partial charge in [0.1, 0.15) is 5.60 Å². The van der Waals surface area contributed by atoms with Crippen molar-refractivity contribution in [1.29, 1.82) is 0 Å². The molecule has 3 unspecified atom stereocenters. The van der Waals surface area contributed by atoms with Crippen LogP contribution in [0.2, 0.25) is 0 Å². The molecular weight excluding hydrogens is 456 g/mol. The number of benzene rings is 1. The van der Waals surface area contributed by atoms with E-state index in [4.69, 9.17) is 4.74 Å². The number of nitrogens with one attached hydrogen (secondary N) is 1. The smallest absolute Gasteiger partial charge is 0.422 e. The highest BCUT2D eigenvalue weighted by Crippen LogP contribution is 2.55. The number of carbonyl (C=O) groups is 1. The van der Waals surface area contributed by atoms with E-state index in [0.29, 0.717) is 12.8 Å².